The summed E-state index contributed by atoms with van der Waals surface area (Å²) in [6.07, 6.45) is 0.859. The predicted octanol–water partition coefficient (Wildman–Crippen LogP) is 8.92. The fourth-order valence-corrected chi connectivity index (χ4v) is 8.06. The molecular formula is C42H46BrClF3N5O5. The number of cyclic esters (lactones) is 1. The Morgan fingerprint density at radius 2 is 1.75 bits per heavy atom. The average molecular weight is 873 g/mol. The largest absolute Gasteiger partial charge is 0.618 e. The van der Waals surface area contributed by atoms with Crippen LogP contribution in [0.4, 0.5) is 23.7 Å². The van der Waals surface area contributed by atoms with Crippen LogP contribution in [0.1, 0.15) is 85.1 Å². The Balaban J connectivity index is 0.000000221. The molecule has 1 aliphatic carbocycles. The molecule has 0 spiro atoms. The number of alkyl halides is 3. The number of aromatic nitrogens is 1. The number of fused-ring (bicyclic) bond motifs is 1. The van der Waals surface area contributed by atoms with Gasteiger partial charge < -0.3 is 19.7 Å². The van der Waals surface area contributed by atoms with Crippen LogP contribution in [0.25, 0.3) is 0 Å². The van der Waals surface area contributed by atoms with Crippen LogP contribution in [-0.4, -0.2) is 72.0 Å². The highest BCUT2D eigenvalue weighted by Crippen LogP contribution is 2.48. The number of halogens is 5. The van der Waals surface area contributed by atoms with Crippen LogP contribution in [0.3, 0.4) is 0 Å². The lowest BCUT2D eigenvalue weighted by molar-refractivity contribution is -0.612. The molecule has 4 aliphatic rings. The summed E-state index contributed by atoms with van der Waals surface area (Å²) in [5.41, 5.74) is 0.835. The molecule has 2 saturated heterocycles. The van der Waals surface area contributed by atoms with Crippen LogP contribution >= 0.6 is 27.5 Å². The molecule has 10 nitrogen and oxygen atoms in total. The number of anilines is 1. The monoisotopic (exact) mass is 871 g/mol. The fourth-order valence-electron chi connectivity index (χ4n) is 7.62. The first-order chi connectivity index (χ1) is 27.0. The number of pyridine rings is 1. The molecule has 3 aliphatic heterocycles. The molecule has 2 amide bonds. The van der Waals surface area contributed by atoms with Crippen molar-refractivity contribution in [1.29, 1.82) is 0 Å². The SMILES string of the molecule is CCO/N=C(\c1ccc(Br)cc1)C1CCN(C2(C)CCN(C(=O)c3c(C)cc[n+]([O-])c3C)CC2)CC1.O=C1Nc2ccc(Cl)cc2[C@@](C#CC2CC2)(C(F)(F)F)O1. The number of piperidine rings is 2. The van der Waals surface area contributed by atoms with Crippen molar-refractivity contribution in [2.45, 2.75) is 83.5 Å². The van der Waals surface area contributed by atoms with Gasteiger partial charge in [0.25, 0.3) is 11.5 Å². The van der Waals surface area contributed by atoms with Crippen LogP contribution in [-0.2, 0) is 15.2 Å². The Bertz CT molecular complexity index is 2070. The molecule has 304 valence electrons. The zero-order valence-electron chi connectivity index (χ0n) is 32.3. The van der Waals surface area contributed by atoms with E-state index in [9.17, 15) is 28.0 Å². The third kappa shape index (κ3) is 9.37. The zero-order chi connectivity index (χ0) is 41.1. The molecule has 1 N–H and O–H groups in total. The molecule has 0 bridgehead atoms. The highest BCUT2D eigenvalue weighted by molar-refractivity contribution is 9.10. The molecule has 1 aromatic heterocycles. The van der Waals surface area contributed by atoms with Crippen molar-refractivity contribution in [1.82, 2.24) is 9.80 Å². The Labute approximate surface area is 344 Å². The van der Waals surface area contributed by atoms with Gasteiger partial charge in [-0.2, -0.15) is 17.9 Å². The van der Waals surface area contributed by atoms with E-state index in [1.54, 1.807) is 13.0 Å². The molecule has 7 rings (SSSR count). The molecule has 0 unspecified atom stereocenters. The van der Waals surface area contributed by atoms with Crippen LogP contribution in [0.2, 0.25) is 5.02 Å². The molecule has 3 aromatic rings. The normalized spacial score (nSPS) is 21.2. The summed E-state index contributed by atoms with van der Waals surface area (Å²) in [6.45, 7) is 11.9. The Morgan fingerprint density at radius 3 is 2.37 bits per heavy atom. The lowest BCUT2D eigenvalue weighted by Crippen LogP contribution is -2.57. The average Bonchev–Trinajstić information content (AvgIpc) is 4.02. The van der Waals surface area contributed by atoms with Crippen LogP contribution in [0.5, 0.6) is 0 Å². The zero-order valence-corrected chi connectivity index (χ0v) is 34.7. The van der Waals surface area contributed by atoms with Gasteiger partial charge in [-0.1, -0.05) is 50.7 Å². The quantitative estimate of drug-likeness (QED) is 0.0872. The molecule has 1 saturated carbocycles. The van der Waals surface area contributed by atoms with Gasteiger partial charge in [-0.25, -0.2) is 4.79 Å². The summed E-state index contributed by atoms with van der Waals surface area (Å²) in [7, 11) is 0. The van der Waals surface area contributed by atoms with E-state index in [0.717, 1.165) is 83.7 Å². The number of nitrogens with one attached hydrogen (secondary N) is 1. The van der Waals surface area contributed by atoms with E-state index in [0.29, 0.717) is 36.9 Å². The first kappa shape index (κ1) is 42.3. The lowest BCUT2D eigenvalue weighted by Gasteiger charge is -2.49. The van der Waals surface area contributed by atoms with Crippen LogP contribution < -0.4 is 10.0 Å². The number of likely N-dealkylation sites (tertiary alicyclic amines) is 2. The number of carbonyl (C=O) groups is 2. The van der Waals surface area contributed by atoms with Gasteiger partial charge in [-0.05, 0) is 120 Å². The highest BCUT2D eigenvalue weighted by atomic mass is 79.9. The minimum atomic E-state index is -4.87. The highest BCUT2D eigenvalue weighted by Gasteiger charge is 2.62. The summed E-state index contributed by atoms with van der Waals surface area (Å²) in [4.78, 5) is 34.8. The number of aryl methyl sites for hydroxylation is 1. The van der Waals surface area contributed by atoms with Gasteiger partial charge in [0.05, 0.1) is 11.4 Å². The van der Waals surface area contributed by atoms with E-state index in [4.69, 9.17) is 16.4 Å². The second kappa shape index (κ2) is 17.3. The van der Waals surface area contributed by atoms with Gasteiger partial charge in [0.15, 0.2) is 6.20 Å². The summed E-state index contributed by atoms with van der Waals surface area (Å²) in [5, 5.41) is 18.9. The van der Waals surface area contributed by atoms with Gasteiger partial charge >= 0.3 is 12.3 Å². The third-order valence-corrected chi connectivity index (χ3v) is 12.0. The van der Waals surface area contributed by atoms with E-state index in [1.807, 2.05) is 18.7 Å². The molecule has 2 aromatic carbocycles. The third-order valence-electron chi connectivity index (χ3n) is 11.2. The number of hydrogen-bond acceptors (Lipinski definition) is 7. The van der Waals surface area contributed by atoms with Gasteiger partial charge in [0, 0.05) is 58.5 Å². The first-order valence-electron chi connectivity index (χ1n) is 19.1. The molecule has 3 fully saturated rings. The maximum atomic E-state index is 13.6. The van der Waals surface area contributed by atoms with Crippen LogP contribution in [0, 0.1) is 42.7 Å². The van der Waals surface area contributed by atoms with E-state index in [1.165, 1.54) is 18.3 Å². The van der Waals surface area contributed by atoms with Crippen molar-refractivity contribution >= 4 is 50.9 Å². The van der Waals surface area contributed by atoms with Crippen molar-refractivity contribution in [3.05, 3.63) is 97.4 Å². The first-order valence-corrected chi connectivity index (χ1v) is 20.3. The number of ether oxygens (including phenoxy) is 1. The van der Waals surface area contributed by atoms with Crippen molar-refractivity contribution in [3.8, 4) is 11.8 Å². The Morgan fingerprint density at radius 1 is 1.09 bits per heavy atom. The number of nitrogens with zero attached hydrogens (tertiary/aromatic N) is 4. The van der Waals surface area contributed by atoms with E-state index >= 15 is 0 Å². The minimum absolute atomic E-state index is 0.00179. The molecule has 57 heavy (non-hydrogen) atoms. The number of benzene rings is 2. The van der Waals surface area contributed by atoms with Crippen molar-refractivity contribution < 1.29 is 37.1 Å². The molecule has 0 radical (unpaired) electrons. The van der Waals surface area contributed by atoms with E-state index in [2.05, 4.69) is 79.1 Å². The molecule has 1 atom stereocenters. The predicted molar refractivity (Wildman–Crippen MR) is 215 cm³/mol. The van der Waals surface area contributed by atoms with Gasteiger partial charge in [-0.15, -0.1) is 0 Å². The molecular weight excluding hydrogens is 827 g/mol. The summed E-state index contributed by atoms with van der Waals surface area (Å²) in [5.74, 6) is 4.94. The maximum absolute atomic E-state index is 13.6. The number of carbonyl (C=O) groups excluding carboxylic acids is 2. The van der Waals surface area contributed by atoms with Gasteiger partial charge in [0.2, 0.25) is 5.69 Å². The number of rotatable bonds is 6. The van der Waals surface area contributed by atoms with Crippen molar-refractivity contribution in [2.24, 2.45) is 17.0 Å². The van der Waals surface area contributed by atoms with Gasteiger partial charge in [0.1, 0.15) is 12.2 Å². The van der Waals surface area contributed by atoms with E-state index in [-0.39, 0.29) is 33.6 Å². The Kier molecular flexibility index (Phi) is 12.8. The maximum Gasteiger partial charge on any atom is 0.445 e. The lowest BCUT2D eigenvalue weighted by atomic mass is 9.82. The summed E-state index contributed by atoms with van der Waals surface area (Å²) < 4.78 is 47.2. The second-order valence-electron chi connectivity index (χ2n) is 15.2. The number of hydrogen-bond donors (Lipinski definition) is 1. The van der Waals surface area contributed by atoms with Crippen molar-refractivity contribution in [2.75, 3.05) is 38.1 Å². The summed E-state index contributed by atoms with van der Waals surface area (Å²) >= 11 is 9.30. The van der Waals surface area contributed by atoms with Gasteiger partial charge in [-0.3, -0.25) is 15.0 Å². The Hall–Kier alpha value is -4.32. The second-order valence-corrected chi connectivity index (χ2v) is 16.5. The number of oxime groups is 1. The topological polar surface area (TPSA) is 110 Å². The number of amides is 2. The standard InChI is InChI=1S/C28H37BrN4O3.C14H9ClF3NO2/c1-5-36-30-26(22-6-8-24(29)9-7-22)23-11-15-32(16-12-23)28(4)13-18-31(19-14-28)27(34)25-20(2)10-17-33(35)21(25)3;15-9-3-4-11-10(7-9)13(14(16,17)18,21-12(20)19-11)6-5-8-1-2-8/h6-10,17,23H,5,11-16,18-19H2,1-4H3;3-4,7-8H,1-2H2,(H,19,20)/b30-26+;/t;13-/m.0/s1. The smallest absolute Gasteiger partial charge is 0.445 e. The van der Waals surface area contributed by atoms with Crippen molar-refractivity contribution in [3.63, 3.8) is 0 Å². The minimum Gasteiger partial charge on any atom is -0.618 e. The molecule has 15 heteroatoms. The molecule has 4 heterocycles. The summed E-state index contributed by atoms with van der Waals surface area (Å²) in [6, 6.07) is 13.8. The van der Waals surface area contributed by atoms with E-state index < -0.39 is 17.9 Å². The van der Waals surface area contributed by atoms with Crippen LogP contribution in [0.15, 0.2) is 64.4 Å². The fraction of sp³-hybridized carbons (Fsp3) is 0.476.